The average Bonchev–Trinajstić information content (AvgIpc) is 3.31. The van der Waals surface area contributed by atoms with Crippen molar-refractivity contribution in [2.45, 2.75) is 76.8 Å². The maximum absolute atomic E-state index is 10.4. The molecule has 0 spiro atoms. The number of phenolic OH excluding ortho intramolecular Hbond substituents is 1. The lowest BCUT2D eigenvalue weighted by Crippen LogP contribution is -2.48. The molecule has 5 nitrogen and oxygen atoms in total. The first-order chi connectivity index (χ1) is 13.4. The van der Waals surface area contributed by atoms with E-state index in [0.717, 1.165) is 30.8 Å². The molecule has 2 heterocycles. The topological polar surface area (TPSA) is 51.1 Å². The van der Waals surface area contributed by atoms with Crippen LogP contribution in [0, 0.1) is 0 Å². The molecule has 3 aliphatic rings. The third kappa shape index (κ3) is 4.62. The van der Waals surface area contributed by atoms with E-state index in [2.05, 4.69) is 42.0 Å². The van der Waals surface area contributed by atoms with Crippen LogP contribution in [0.3, 0.4) is 0 Å². The molecule has 0 aromatic heterocycles. The SMILES string of the molecule is CC(C)(C)c1ccc(O)c(NC(=NC2CC2)N2CCC(N3CCCC3)CC2)c1. The number of hydrogen-bond donors (Lipinski definition) is 2. The number of guanidine groups is 1. The van der Waals surface area contributed by atoms with E-state index in [-0.39, 0.29) is 5.41 Å². The van der Waals surface area contributed by atoms with Gasteiger partial charge in [-0.15, -0.1) is 0 Å². The predicted octanol–water partition coefficient (Wildman–Crippen LogP) is 4.18. The van der Waals surface area contributed by atoms with E-state index < -0.39 is 0 Å². The summed E-state index contributed by atoms with van der Waals surface area (Å²) in [5.74, 6) is 1.24. The minimum atomic E-state index is 0.0476. The Kier molecular flexibility index (Phi) is 5.55. The number of aromatic hydroxyl groups is 1. The lowest BCUT2D eigenvalue weighted by Gasteiger charge is -2.38. The second-order valence-corrected chi connectivity index (χ2v) is 9.75. The molecule has 1 aromatic carbocycles. The number of anilines is 1. The van der Waals surface area contributed by atoms with Crippen molar-refractivity contribution < 1.29 is 5.11 Å². The van der Waals surface area contributed by atoms with Crippen molar-refractivity contribution in [3.8, 4) is 5.75 Å². The second kappa shape index (κ2) is 7.94. The molecular weight excluding hydrogens is 348 g/mol. The molecule has 0 atom stereocenters. The summed E-state index contributed by atoms with van der Waals surface area (Å²) in [5.41, 5.74) is 2.03. The highest BCUT2D eigenvalue weighted by Crippen LogP contribution is 2.32. The lowest BCUT2D eigenvalue weighted by atomic mass is 9.87. The standard InChI is InChI=1S/C23H36N4O/c1-23(2,3)17-6-9-21(28)20(16-17)25-22(24-18-7-8-18)27-14-10-19(11-15-27)26-12-4-5-13-26/h6,9,16,18-19,28H,4-5,7-8,10-15H2,1-3H3,(H,24,25). The number of aliphatic imine (C=N–C) groups is 1. The number of piperidine rings is 1. The van der Waals surface area contributed by atoms with E-state index in [1.54, 1.807) is 6.07 Å². The first-order valence-electron chi connectivity index (χ1n) is 11.1. The van der Waals surface area contributed by atoms with Crippen molar-refractivity contribution in [2.75, 3.05) is 31.5 Å². The molecule has 1 saturated carbocycles. The van der Waals surface area contributed by atoms with Crippen LogP contribution < -0.4 is 5.32 Å². The Bertz CT molecular complexity index is 706. The summed E-state index contributed by atoms with van der Waals surface area (Å²) in [5, 5.41) is 13.9. The number of benzene rings is 1. The van der Waals surface area contributed by atoms with Crippen molar-refractivity contribution in [1.29, 1.82) is 0 Å². The Morgan fingerprint density at radius 3 is 2.32 bits per heavy atom. The molecule has 5 heteroatoms. The molecule has 0 unspecified atom stereocenters. The van der Waals surface area contributed by atoms with Crippen LogP contribution in [0.4, 0.5) is 5.69 Å². The van der Waals surface area contributed by atoms with Crippen LogP contribution in [0.25, 0.3) is 0 Å². The quantitative estimate of drug-likeness (QED) is 0.466. The highest BCUT2D eigenvalue weighted by Gasteiger charge is 2.29. The van der Waals surface area contributed by atoms with Crippen molar-refractivity contribution in [3.63, 3.8) is 0 Å². The summed E-state index contributed by atoms with van der Waals surface area (Å²) in [6.45, 7) is 11.2. The fourth-order valence-corrected chi connectivity index (χ4v) is 4.34. The summed E-state index contributed by atoms with van der Waals surface area (Å²) in [7, 11) is 0. The van der Waals surface area contributed by atoms with Crippen molar-refractivity contribution in [1.82, 2.24) is 9.80 Å². The van der Waals surface area contributed by atoms with Crippen LogP contribution in [0.2, 0.25) is 0 Å². The zero-order chi connectivity index (χ0) is 19.7. The van der Waals surface area contributed by atoms with E-state index in [4.69, 9.17) is 4.99 Å². The molecule has 1 aliphatic carbocycles. The monoisotopic (exact) mass is 384 g/mol. The molecule has 0 bridgehead atoms. The Labute approximate surface area is 169 Å². The molecule has 154 valence electrons. The molecule has 2 N–H and O–H groups in total. The molecular formula is C23H36N4O. The molecule has 4 rings (SSSR count). The third-order valence-electron chi connectivity index (χ3n) is 6.38. The molecule has 1 aromatic rings. The number of rotatable bonds is 3. The Hall–Kier alpha value is -1.75. The highest BCUT2D eigenvalue weighted by atomic mass is 16.3. The summed E-state index contributed by atoms with van der Waals surface area (Å²) in [6, 6.07) is 7.08. The molecule has 3 fully saturated rings. The second-order valence-electron chi connectivity index (χ2n) is 9.75. The predicted molar refractivity (Wildman–Crippen MR) is 116 cm³/mol. The Morgan fingerprint density at radius 2 is 1.71 bits per heavy atom. The van der Waals surface area contributed by atoms with Gasteiger partial charge in [-0.1, -0.05) is 26.8 Å². The molecule has 28 heavy (non-hydrogen) atoms. The minimum Gasteiger partial charge on any atom is -0.506 e. The van der Waals surface area contributed by atoms with Gasteiger partial charge >= 0.3 is 0 Å². The number of hydrogen-bond acceptors (Lipinski definition) is 3. The Balaban J connectivity index is 1.47. The van der Waals surface area contributed by atoms with Gasteiger partial charge in [-0.05, 0) is 74.7 Å². The molecule has 0 radical (unpaired) electrons. The van der Waals surface area contributed by atoms with Gasteiger partial charge in [0.2, 0.25) is 0 Å². The van der Waals surface area contributed by atoms with E-state index in [9.17, 15) is 5.11 Å². The van der Waals surface area contributed by atoms with Gasteiger partial charge in [0.15, 0.2) is 5.96 Å². The van der Waals surface area contributed by atoms with Crippen LogP contribution in [0.1, 0.15) is 64.9 Å². The number of likely N-dealkylation sites (tertiary alicyclic amines) is 2. The van der Waals surface area contributed by atoms with Gasteiger partial charge in [0.05, 0.1) is 11.7 Å². The first kappa shape index (κ1) is 19.6. The van der Waals surface area contributed by atoms with Crippen LogP contribution in [-0.2, 0) is 5.41 Å². The fraction of sp³-hybridized carbons (Fsp3) is 0.696. The van der Waals surface area contributed by atoms with Crippen LogP contribution in [0.15, 0.2) is 23.2 Å². The molecule has 2 saturated heterocycles. The normalized spacial score (nSPS) is 22.7. The third-order valence-corrected chi connectivity index (χ3v) is 6.38. The van der Waals surface area contributed by atoms with Gasteiger partial charge in [-0.3, -0.25) is 0 Å². The highest BCUT2D eigenvalue weighted by molar-refractivity contribution is 5.95. The maximum Gasteiger partial charge on any atom is 0.198 e. The average molecular weight is 385 g/mol. The Morgan fingerprint density at radius 1 is 1.04 bits per heavy atom. The van der Waals surface area contributed by atoms with Gasteiger partial charge < -0.3 is 20.2 Å². The van der Waals surface area contributed by atoms with Crippen molar-refractivity contribution in [3.05, 3.63) is 23.8 Å². The van der Waals surface area contributed by atoms with Gasteiger partial charge in [0.1, 0.15) is 5.75 Å². The maximum atomic E-state index is 10.4. The number of nitrogens with one attached hydrogen (secondary N) is 1. The summed E-state index contributed by atoms with van der Waals surface area (Å²) >= 11 is 0. The lowest BCUT2D eigenvalue weighted by molar-refractivity contribution is 0.163. The van der Waals surface area contributed by atoms with E-state index in [1.165, 1.54) is 57.2 Å². The number of nitrogens with zero attached hydrogens (tertiary/aromatic N) is 3. The zero-order valence-electron chi connectivity index (χ0n) is 17.7. The first-order valence-corrected chi connectivity index (χ1v) is 11.1. The van der Waals surface area contributed by atoms with Crippen molar-refractivity contribution >= 4 is 11.6 Å². The summed E-state index contributed by atoms with van der Waals surface area (Å²) < 4.78 is 0. The van der Waals surface area contributed by atoms with Crippen molar-refractivity contribution in [2.24, 2.45) is 4.99 Å². The van der Waals surface area contributed by atoms with Crippen LogP contribution >= 0.6 is 0 Å². The van der Waals surface area contributed by atoms with E-state index >= 15 is 0 Å². The zero-order valence-corrected chi connectivity index (χ0v) is 17.7. The van der Waals surface area contributed by atoms with Crippen LogP contribution in [-0.4, -0.2) is 59.1 Å². The number of phenols is 1. The smallest absolute Gasteiger partial charge is 0.198 e. The van der Waals surface area contributed by atoms with E-state index in [1.807, 2.05) is 6.07 Å². The molecule has 0 amide bonds. The van der Waals surface area contributed by atoms with Gasteiger partial charge in [0, 0.05) is 19.1 Å². The van der Waals surface area contributed by atoms with Gasteiger partial charge in [-0.2, -0.15) is 0 Å². The van der Waals surface area contributed by atoms with E-state index in [0.29, 0.717) is 11.8 Å². The summed E-state index contributed by atoms with van der Waals surface area (Å²) in [6.07, 6.45) is 7.50. The molecule has 2 aliphatic heterocycles. The van der Waals surface area contributed by atoms with Gasteiger partial charge in [-0.25, -0.2) is 4.99 Å². The fourth-order valence-electron chi connectivity index (χ4n) is 4.34. The van der Waals surface area contributed by atoms with Crippen LogP contribution in [0.5, 0.6) is 5.75 Å². The largest absolute Gasteiger partial charge is 0.506 e. The van der Waals surface area contributed by atoms with Gasteiger partial charge in [0.25, 0.3) is 0 Å². The minimum absolute atomic E-state index is 0.0476. The summed E-state index contributed by atoms with van der Waals surface area (Å²) in [4.78, 5) is 10.0.